The van der Waals surface area contributed by atoms with Crippen molar-refractivity contribution < 1.29 is 13.6 Å². The highest BCUT2D eigenvalue weighted by Gasteiger charge is 2.25. The number of hydrogen-bond donors (Lipinski definition) is 1. The highest BCUT2D eigenvalue weighted by Crippen LogP contribution is 2.39. The highest BCUT2D eigenvalue weighted by molar-refractivity contribution is 8.04. The van der Waals surface area contributed by atoms with Crippen molar-refractivity contribution in [2.24, 2.45) is 0 Å². The minimum absolute atomic E-state index is 0.0589. The van der Waals surface area contributed by atoms with E-state index in [1.807, 2.05) is 18.2 Å². The first-order valence-corrected chi connectivity index (χ1v) is 8.29. The van der Waals surface area contributed by atoms with E-state index >= 15 is 0 Å². The van der Waals surface area contributed by atoms with Gasteiger partial charge in [-0.3, -0.25) is 4.79 Å². The van der Waals surface area contributed by atoms with Crippen LogP contribution in [-0.2, 0) is 0 Å². The van der Waals surface area contributed by atoms with Crippen molar-refractivity contribution in [3.8, 4) is 0 Å². The van der Waals surface area contributed by atoms with Crippen molar-refractivity contribution in [3.05, 3.63) is 64.7 Å². The van der Waals surface area contributed by atoms with Crippen LogP contribution in [0.25, 0.3) is 10.2 Å². The Hall–Kier alpha value is -2.25. The van der Waals surface area contributed by atoms with E-state index in [0.29, 0.717) is 20.3 Å². The van der Waals surface area contributed by atoms with Crippen LogP contribution in [0.3, 0.4) is 0 Å². The summed E-state index contributed by atoms with van der Waals surface area (Å²) < 4.78 is 27.3. The third kappa shape index (κ3) is 2.51. The number of nitrogens with zero attached hydrogens (tertiary/aromatic N) is 1. The van der Waals surface area contributed by atoms with Gasteiger partial charge in [0.1, 0.15) is 11.3 Å². The number of benzene rings is 2. The fourth-order valence-corrected chi connectivity index (χ4v) is 4.13. The van der Waals surface area contributed by atoms with E-state index in [2.05, 4.69) is 10.3 Å². The third-order valence-electron chi connectivity index (χ3n) is 3.32. The first kappa shape index (κ1) is 14.3. The molecule has 114 valence electrons. The Morgan fingerprint density at radius 3 is 2.83 bits per heavy atom. The molecule has 23 heavy (non-hydrogen) atoms. The summed E-state index contributed by atoms with van der Waals surface area (Å²) in [4.78, 5) is 17.8. The van der Waals surface area contributed by atoms with Gasteiger partial charge in [0.15, 0.2) is 10.9 Å². The molecule has 1 N–H and O–H groups in total. The van der Waals surface area contributed by atoms with Crippen molar-refractivity contribution in [2.45, 2.75) is 4.90 Å². The molecule has 3 aromatic rings. The number of hydrogen-bond acceptors (Lipinski definition) is 5. The Morgan fingerprint density at radius 2 is 2.00 bits per heavy atom. The van der Waals surface area contributed by atoms with Crippen molar-refractivity contribution in [3.63, 3.8) is 0 Å². The predicted molar refractivity (Wildman–Crippen MR) is 87.9 cm³/mol. The van der Waals surface area contributed by atoms with E-state index in [9.17, 15) is 13.6 Å². The van der Waals surface area contributed by atoms with E-state index in [1.165, 1.54) is 17.8 Å². The maximum Gasteiger partial charge on any atom is 0.202 e. The first-order chi connectivity index (χ1) is 11.1. The Kier molecular flexibility index (Phi) is 3.39. The lowest BCUT2D eigenvalue weighted by Gasteiger charge is -1.95. The van der Waals surface area contributed by atoms with Crippen molar-refractivity contribution >= 4 is 44.2 Å². The molecule has 0 amide bonds. The largest absolute Gasteiger partial charge is 0.337 e. The van der Waals surface area contributed by atoms with Crippen LogP contribution >= 0.6 is 23.1 Å². The molecular formula is C16H8F2N2OS2. The average Bonchev–Trinajstić information content (AvgIpc) is 3.07. The van der Waals surface area contributed by atoms with Gasteiger partial charge in [0.2, 0.25) is 5.78 Å². The smallest absolute Gasteiger partial charge is 0.202 e. The molecule has 2 aromatic carbocycles. The normalized spacial score (nSPS) is 15.4. The fourth-order valence-electron chi connectivity index (χ4n) is 2.28. The van der Waals surface area contributed by atoms with Gasteiger partial charge in [0, 0.05) is 22.7 Å². The fraction of sp³-hybridized carbons (Fsp3) is 0. The summed E-state index contributed by atoms with van der Waals surface area (Å²) in [6.07, 6.45) is 1.55. The standard InChI is InChI=1S/C16H8F2N2OS2/c17-8-5-10(18)14-12(6-8)23-16(20-14)19-7-13-15(21)9-3-1-2-4-11(9)22-13/h1-7H,(H,19,20)/b13-7-. The van der Waals surface area contributed by atoms with E-state index in [4.69, 9.17) is 0 Å². The number of thioether (sulfide) groups is 1. The number of Topliss-reactive ketones (excluding diaryl/α,β-unsaturated/α-hetero) is 1. The second-order valence-corrected chi connectivity index (χ2v) is 6.95. The molecule has 1 aliphatic rings. The van der Waals surface area contributed by atoms with Crippen LogP contribution in [0.1, 0.15) is 10.4 Å². The Labute approximate surface area is 138 Å². The lowest BCUT2D eigenvalue weighted by Crippen LogP contribution is -1.97. The number of thiazole rings is 1. The van der Waals surface area contributed by atoms with Crippen LogP contribution < -0.4 is 5.32 Å². The van der Waals surface area contributed by atoms with E-state index in [-0.39, 0.29) is 11.3 Å². The Bertz CT molecular complexity index is 981. The van der Waals surface area contributed by atoms with Gasteiger partial charge in [-0.15, -0.1) is 0 Å². The summed E-state index contributed by atoms with van der Waals surface area (Å²) in [6, 6.07) is 9.39. The molecule has 0 radical (unpaired) electrons. The van der Waals surface area contributed by atoms with Crippen molar-refractivity contribution in [1.82, 2.24) is 4.98 Å². The number of aromatic nitrogens is 1. The molecule has 0 bridgehead atoms. The average molecular weight is 346 g/mol. The molecular weight excluding hydrogens is 338 g/mol. The van der Waals surface area contributed by atoms with E-state index in [0.717, 1.165) is 22.3 Å². The van der Waals surface area contributed by atoms with Crippen LogP contribution in [0, 0.1) is 11.6 Å². The van der Waals surface area contributed by atoms with Crippen LogP contribution in [0.2, 0.25) is 0 Å². The maximum absolute atomic E-state index is 13.6. The molecule has 0 saturated heterocycles. The van der Waals surface area contributed by atoms with Gasteiger partial charge in [0.25, 0.3) is 0 Å². The zero-order valence-electron chi connectivity index (χ0n) is 11.5. The molecule has 0 aliphatic carbocycles. The second kappa shape index (κ2) is 5.43. The zero-order chi connectivity index (χ0) is 16.0. The summed E-state index contributed by atoms with van der Waals surface area (Å²) >= 11 is 2.49. The first-order valence-electron chi connectivity index (χ1n) is 6.66. The summed E-state index contributed by atoms with van der Waals surface area (Å²) in [6.45, 7) is 0. The van der Waals surface area contributed by atoms with Gasteiger partial charge in [-0.25, -0.2) is 13.8 Å². The molecule has 0 saturated carbocycles. The lowest BCUT2D eigenvalue weighted by atomic mass is 10.1. The molecule has 2 heterocycles. The minimum Gasteiger partial charge on any atom is -0.337 e. The number of carbonyl (C=O) groups is 1. The number of carbonyl (C=O) groups excluding carboxylic acids is 1. The van der Waals surface area contributed by atoms with Crippen molar-refractivity contribution in [1.29, 1.82) is 0 Å². The second-order valence-electron chi connectivity index (χ2n) is 4.83. The molecule has 0 unspecified atom stereocenters. The lowest BCUT2D eigenvalue weighted by molar-refractivity contribution is 0.104. The molecule has 1 aliphatic heterocycles. The van der Waals surface area contributed by atoms with Crippen LogP contribution in [0.15, 0.2) is 52.4 Å². The van der Waals surface area contributed by atoms with Gasteiger partial charge >= 0.3 is 0 Å². The number of nitrogens with one attached hydrogen (secondary N) is 1. The SMILES string of the molecule is O=C1/C(=C/Nc2nc3c(F)cc(F)cc3s2)Sc2ccccc21. The number of fused-ring (bicyclic) bond motifs is 2. The van der Waals surface area contributed by atoms with Crippen LogP contribution in [0.4, 0.5) is 13.9 Å². The highest BCUT2D eigenvalue weighted by atomic mass is 32.2. The molecule has 0 atom stereocenters. The monoisotopic (exact) mass is 346 g/mol. The van der Waals surface area contributed by atoms with Crippen LogP contribution in [-0.4, -0.2) is 10.8 Å². The molecule has 7 heteroatoms. The summed E-state index contributed by atoms with van der Waals surface area (Å²) in [5, 5.41) is 3.31. The van der Waals surface area contributed by atoms with E-state index < -0.39 is 11.6 Å². The predicted octanol–water partition coefficient (Wildman–Crippen LogP) is 4.82. The van der Waals surface area contributed by atoms with Gasteiger partial charge in [-0.1, -0.05) is 35.2 Å². The molecule has 4 rings (SSSR count). The Balaban J connectivity index is 1.63. The molecule has 3 nitrogen and oxygen atoms in total. The maximum atomic E-state index is 13.6. The van der Waals surface area contributed by atoms with E-state index in [1.54, 1.807) is 12.3 Å². The number of rotatable bonds is 2. The summed E-state index contributed by atoms with van der Waals surface area (Å²) in [5.41, 5.74) is 0.786. The summed E-state index contributed by atoms with van der Waals surface area (Å²) in [5.74, 6) is -1.40. The van der Waals surface area contributed by atoms with Crippen molar-refractivity contribution in [2.75, 3.05) is 5.32 Å². The third-order valence-corrected chi connectivity index (χ3v) is 5.35. The molecule has 1 aromatic heterocycles. The number of halogens is 2. The quantitative estimate of drug-likeness (QED) is 0.676. The Morgan fingerprint density at radius 1 is 1.17 bits per heavy atom. The van der Waals surface area contributed by atoms with Gasteiger partial charge in [-0.2, -0.15) is 0 Å². The molecule has 0 fully saturated rings. The zero-order valence-corrected chi connectivity index (χ0v) is 13.1. The molecule has 0 spiro atoms. The number of anilines is 1. The number of allylic oxidation sites excluding steroid dienone is 1. The minimum atomic E-state index is -0.698. The van der Waals surface area contributed by atoms with Gasteiger partial charge < -0.3 is 5.32 Å². The van der Waals surface area contributed by atoms with Gasteiger partial charge in [0.05, 0.1) is 9.61 Å². The summed E-state index contributed by atoms with van der Waals surface area (Å²) in [7, 11) is 0. The van der Waals surface area contributed by atoms with Crippen LogP contribution in [0.5, 0.6) is 0 Å². The topological polar surface area (TPSA) is 42.0 Å². The number of ketones is 1. The van der Waals surface area contributed by atoms with Gasteiger partial charge in [-0.05, 0) is 18.2 Å².